The van der Waals surface area contributed by atoms with Crippen molar-refractivity contribution in [3.63, 3.8) is 0 Å². The third kappa shape index (κ3) is 6.68. The third-order valence-corrected chi connectivity index (χ3v) is 5.84. The molecule has 2 amide bonds. The highest BCUT2D eigenvalue weighted by Crippen LogP contribution is 2.35. The average molecular weight is 496 g/mol. The molecule has 1 N–H and O–H groups in total. The molecule has 0 radical (unpaired) electrons. The van der Waals surface area contributed by atoms with E-state index in [4.69, 9.17) is 0 Å². The lowest BCUT2D eigenvalue weighted by molar-refractivity contribution is -0.137. The molecule has 7 nitrogen and oxygen atoms in total. The van der Waals surface area contributed by atoms with Crippen molar-refractivity contribution in [1.29, 1.82) is 0 Å². The fourth-order valence-corrected chi connectivity index (χ4v) is 4.56. The molecule has 2 heterocycles. The molecule has 0 saturated heterocycles. The largest absolute Gasteiger partial charge is 0.416 e. The molecule has 0 atom stereocenters. The number of nitrogens with one attached hydrogen (secondary N) is 1. The number of hydrogen-bond donors (Lipinski definition) is 1. The Labute approximate surface area is 196 Å². The number of anilines is 3. The summed E-state index contributed by atoms with van der Waals surface area (Å²) >= 11 is 2.37. The Morgan fingerprint density at radius 1 is 1.24 bits per heavy atom. The fraction of sp³-hybridized carbons (Fsp3) is 0.286. The second kappa shape index (κ2) is 10.2. The number of aromatic nitrogens is 3. The van der Waals surface area contributed by atoms with E-state index in [0.717, 1.165) is 39.8 Å². The zero-order valence-electron chi connectivity index (χ0n) is 17.9. The van der Waals surface area contributed by atoms with E-state index in [1.165, 1.54) is 42.5 Å². The van der Waals surface area contributed by atoms with Crippen LogP contribution >= 0.6 is 22.7 Å². The van der Waals surface area contributed by atoms with Gasteiger partial charge in [0.2, 0.25) is 16.9 Å². The number of carbonyl (C=O) groups is 2. The molecule has 3 aromatic rings. The predicted octanol–water partition coefficient (Wildman–Crippen LogP) is 5.55. The average Bonchev–Trinajstić information content (AvgIpc) is 3.35. The Balaban J connectivity index is 1.72. The molecule has 174 valence electrons. The second-order valence-corrected chi connectivity index (χ2v) is 9.28. The van der Waals surface area contributed by atoms with Crippen LogP contribution in [-0.2, 0) is 22.2 Å². The molecule has 0 bridgehead atoms. The molecule has 0 spiro atoms. The van der Waals surface area contributed by atoms with Crippen LogP contribution < -0.4 is 10.2 Å². The molecule has 0 aliphatic heterocycles. The summed E-state index contributed by atoms with van der Waals surface area (Å²) in [7, 11) is 0. The summed E-state index contributed by atoms with van der Waals surface area (Å²) in [6, 6.07) is 4.45. The van der Waals surface area contributed by atoms with Crippen LogP contribution in [0.5, 0.6) is 0 Å². The van der Waals surface area contributed by atoms with Crippen molar-refractivity contribution < 1.29 is 22.8 Å². The van der Waals surface area contributed by atoms with E-state index in [9.17, 15) is 22.8 Å². The maximum absolute atomic E-state index is 13.1. The predicted molar refractivity (Wildman–Crippen MR) is 122 cm³/mol. The number of benzene rings is 1. The van der Waals surface area contributed by atoms with Crippen LogP contribution in [0.4, 0.5) is 29.1 Å². The summed E-state index contributed by atoms with van der Waals surface area (Å²) in [4.78, 5) is 29.7. The Kier molecular flexibility index (Phi) is 7.59. The van der Waals surface area contributed by atoms with Gasteiger partial charge in [0.05, 0.1) is 16.9 Å². The van der Waals surface area contributed by atoms with Crippen LogP contribution in [0.15, 0.2) is 35.7 Å². The van der Waals surface area contributed by atoms with E-state index in [2.05, 4.69) is 34.3 Å². The molecule has 0 fully saturated rings. The third-order valence-electron chi connectivity index (χ3n) is 4.13. The van der Waals surface area contributed by atoms with Crippen LogP contribution in [0.25, 0.3) is 6.08 Å². The minimum Gasteiger partial charge on any atom is -0.297 e. The van der Waals surface area contributed by atoms with Gasteiger partial charge in [0.15, 0.2) is 5.13 Å². The van der Waals surface area contributed by atoms with Crippen LogP contribution in [0.1, 0.15) is 37.0 Å². The van der Waals surface area contributed by atoms with Crippen LogP contribution in [-0.4, -0.2) is 27.0 Å². The summed E-state index contributed by atoms with van der Waals surface area (Å²) in [5.74, 6) is -0.505. The number of alkyl halides is 3. The van der Waals surface area contributed by atoms with Crippen LogP contribution in [0.3, 0.4) is 0 Å². The number of nitrogens with zero attached hydrogens (tertiary/aromatic N) is 4. The van der Waals surface area contributed by atoms with Gasteiger partial charge in [-0.25, -0.2) is 4.98 Å². The zero-order chi connectivity index (χ0) is 24.2. The van der Waals surface area contributed by atoms with E-state index in [1.54, 1.807) is 5.38 Å². The van der Waals surface area contributed by atoms with Crippen molar-refractivity contribution in [2.45, 2.75) is 33.4 Å². The summed E-state index contributed by atoms with van der Waals surface area (Å²) in [5.41, 5.74) is -0.442. The molecule has 0 aliphatic carbocycles. The van der Waals surface area contributed by atoms with Gasteiger partial charge in [-0.1, -0.05) is 31.3 Å². The highest BCUT2D eigenvalue weighted by molar-refractivity contribution is 7.15. The van der Waals surface area contributed by atoms with Crippen molar-refractivity contribution >= 4 is 56.5 Å². The lowest BCUT2D eigenvalue weighted by Crippen LogP contribution is -2.23. The summed E-state index contributed by atoms with van der Waals surface area (Å²) < 4.78 is 39.2. The van der Waals surface area contributed by atoms with Crippen molar-refractivity contribution in [2.24, 2.45) is 5.92 Å². The van der Waals surface area contributed by atoms with Gasteiger partial charge in [0.1, 0.15) is 5.01 Å². The molecule has 0 unspecified atom stereocenters. The van der Waals surface area contributed by atoms with Crippen molar-refractivity contribution in [3.05, 3.63) is 52.0 Å². The first-order valence-corrected chi connectivity index (χ1v) is 11.5. The fourth-order valence-electron chi connectivity index (χ4n) is 2.75. The Morgan fingerprint density at radius 3 is 2.67 bits per heavy atom. The lowest BCUT2D eigenvalue weighted by Gasteiger charge is -2.19. The van der Waals surface area contributed by atoms with Gasteiger partial charge >= 0.3 is 6.18 Å². The number of halogens is 3. The van der Waals surface area contributed by atoms with Crippen LogP contribution in [0, 0.1) is 5.92 Å². The maximum atomic E-state index is 13.1. The van der Waals surface area contributed by atoms with Gasteiger partial charge in [-0.15, -0.1) is 21.5 Å². The minimum absolute atomic E-state index is 0.0495. The van der Waals surface area contributed by atoms with E-state index < -0.39 is 23.6 Å². The molecular formula is C21H20F3N5O2S2. The minimum atomic E-state index is -4.54. The normalized spacial score (nSPS) is 11.8. The molecule has 33 heavy (non-hydrogen) atoms. The number of rotatable bonds is 7. The van der Waals surface area contributed by atoms with Crippen LogP contribution in [0.2, 0.25) is 0 Å². The Hall–Kier alpha value is -3.12. The number of carbonyl (C=O) groups excluding carboxylic acids is 2. The lowest BCUT2D eigenvalue weighted by atomic mass is 10.1. The SMILES string of the molecule is CC(=O)N(c1cccc(C(F)(F)F)c1)c1nc(/C=C/C(=O)Nc2nnc(CC(C)C)s2)cs1. The number of amides is 2. The highest BCUT2D eigenvalue weighted by Gasteiger charge is 2.31. The first-order valence-electron chi connectivity index (χ1n) is 9.78. The molecule has 3 rings (SSSR count). The van der Waals surface area contributed by atoms with E-state index >= 15 is 0 Å². The molecule has 1 aromatic carbocycles. The first-order chi connectivity index (χ1) is 15.5. The van der Waals surface area contributed by atoms with Crippen molar-refractivity contribution in [2.75, 3.05) is 10.2 Å². The molecule has 0 saturated carbocycles. The van der Waals surface area contributed by atoms with E-state index in [0.29, 0.717) is 16.7 Å². The molecular weight excluding hydrogens is 475 g/mol. The van der Waals surface area contributed by atoms with E-state index in [1.807, 2.05) is 0 Å². The van der Waals surface area contributed by atoms with Gasteiger partial charge in [-0.3, -0.25) is 19.8 Å². The Morgan fingerprint density at radius 2 is 2.00 bits per heavy atom. The van der Waals surface area contributed by atoms with E-state index in [-0.39, 0.29) is 10.8 Å². The Bertz CT molecular complexity index is 1170. The van der Waals surface area contributed by atoms with Gasteiger partial charge in [-0.2, -0.15) is 13.2 Å². The quantitative estimate of drug-likeness (QED) is 0.434. The summed E-state index contributed by atoms with van der Waals surface area (Å²) in [6.07, 6.45) is -1.07. The summed E-state index contributed by atoms with van der Waals surface area (Å²) in [5, 5.41) is 13.6. The maximum Gasteiger partial charge on any atom is 0.416 e. The molecule has 12 heteroatoms. The topological polar surface area (TPSA) is 88.1 Å². The standard InChI is InChI=1S/C21H20F3N5O2S2/c1-12(2)9-18-27-28-19(33-18)26-17(31)8-7-15-11-32-20(25-15)29(13(3)30)16-6-4-5-14(10-16)21(22,23)24/h4-8,10-12H,9H2,1-3H3,(H,26,28,31)/b8-7+. The monoisotopic (exact) mass is 495 g/mol. The second-order valence-electron chi connectivity index (χ2n) is 7.38. The van der Waals surface area contributed by atoms with Gasteiger partial charge < -0.3 is 0 Å². The summed E-state index contributed by atoms with van der Waals surface area (Å²) in [6.45, 7) is 5.36. The van der Waals surface area contributed by atoms with Crippen molar-refractivity contribution in [3.8, 4) is 0 Å². The highest BCUT2D eigenvalue weighted by atomic mass is 32.1. The molecule has 0 aliphatic rings. The first kappa shape index (κ1) is 24.5. The zero-order valence-corrected chi connectivity index (χ0v) is 19.5. The molecule has 2 aromatic heterocycles. The number of thiazole rings is 1. The number of hydrogen-bond acceptors (Lipinski definition) is 7. The van der Waals surface area contributed by atoms with Gasteiger partial charge in [0, 0.05) is 24.8 Å². The van der Waals surface area contributed by atoms with Gasteiger partial charge in [0.25, 0.3) is 0 Å². The van der Waals surface area contributed by atoms with Gasteiger partial charge in [-0.05, 0) is 30.2 Å². The van der Waals surface area contributed by atoms with Crippen molar-refractivity contribution in [1.82, 2.24) is 15.2 Å². The smallest absolute Gasteiger partial charge is 0.297 e.